The van der Waals surface area contributed by atoms with Gasteiger partial charge in [-0.05, 0) is 13.8 Å². The van der Waals surface area contributed by atoms with Crippen molar-refractivity contribution in [3.8, 4) is 0 Å². The summed E-state index contributed by atoms with van der Waals surface area (Å²) in [6, 6.07) is 0. The number of hydrogen-bond donors (Lipinski definition) is 2. The average molecular weight is 286 g/mol. The number of nitrogens with zero attached hydrogens (tertiary/aromatic N) is 1. The molecule has 1 aliphatic rings. The summed E-state index contributed by atoms with van der Waals surface area (Å²) in [7, 11) is 0. The number of ether oxygens (including phenoxy) is 1. The first-order valence-corrected chi connectivity index (χ1v) is 5.95. The first-order chi connectivity index (χ1) is 9.29. The number of aliphatic carboxylic acids is 1. The van der Waals surface area contributed by atoms with Gasteiger partial charge in [0.15, 0.2) is 6.10 Å². The fourth-order valence-electron chi connectivity index (χ4n) is 1.19. The number of imide groups is 1. The second-order valence-electron chi connectivity index (χ2n) is 3.81. The molecule has 0 bridgehead atoms. The third kappa shape index (κ3) is 6.64. The zero-order chi connectivity index (χ0) is 15.7. The van der Waals surface area contributed by atoms with Crippen molar-refractivity contribution in [1.29, 1.82) is 0 Å². The van der Waals surface area contributed by atoms with Crippen LogP contribution in [0.4, 0.5) is 0 Å². The Balaban J connectivity index is 0.000000396. The van der Waals surface area contributed by atoms with Crippen LogP contribution in [0.1, 0.15) is 20.3 Å². The van der Waals surface area contributed by atoms with Gasteiger partial charge in [0.2, 0.25) is 5.91 Å². The number of carbonyl (C=O) groups excluding carboxylic acids is 3. The minimum atomic E-state index is -0.910. The van der Waals surface area contributed by atoms with Crippen LogP contribution in [0.15, 0.2) is 12.2 Å². The molecule has 0 aromatic rings. The van der Waals surface area contributed by atoms with Gasteiger partial charge >= 0.3 is 5.97 Å². The molecule has 1 heterocycles. The van der Waals surface area contributed by atoms with Crippen LogP contribution in [-0.4, -0.2) is 53.0 Å². The second-order valence-corrected chi connectivity index (χ2v) is 3.81. The smallest absolute Gasteiger partial charge is 0.332 e. The molecule has 112 valence electrons. The number of carbonyl (C=O) groups is 4. The summed E-state index contributed by atoms with van der Waals surface area (Å²) in [6.45, 7) is 3.79. The molecule has 0 saturated heterocycles. The lowest BCUT2D eigenvalue weighted by molar-refractivity contribution is -0.148. The van der Waals surface area contributed by atoms with Gasteiger partial charge in [0, 0.05) is 31.7 Å². The molecule has 0 aromatic carbocycles. The predicted molar refractivity (Wildman–Crippen MR) is 68.4 cm³/mol. The molecule has 0 fully saturated rings. The van der Waals surface area contributed by atoms with E-state index in [-0.39, 0.29) is 24.8 Å². The van der Waals surface area contributed by atoms with E-state index in [4.69, 9.17) is 15.6 Å². The van der Waals surface area contributed by atoms with Gasteiger partial charge in [-0.25, -0.2) is 4.79 Å². The van der Waals surface area contributed by atoms with Gasteiger partial charge in [-0.2, -0.15) is 0 Å². The highest BCUT2D eigenvalue weighted by molar-refractivity contribution is 6.13. The maximum absolute atomic E-state index is 10.9. The molecule has 8 nitrogen and oxygen atoms in total. The van der Waals surface area contributed by atoms with E-state index in [2.05, 4.69) is 0 Å². The Labute approximate surface area is 116 Å². The molecular formula is C12H18N2O6. The molecule has 20 heavy (non-hydrogen) atoms. The Bertz CT molecular complexity index is 400. The second kappa shape index (κ2) is 8.81. The van der Waals surface area contributed by atoms with E-state index >= 15 is 0 Å². The minimum Gasteiger partial charge on any atom is -0.479 e. The highest BCUT2D eigenvalue weighted by Crippen LogP contribution is 2.03. The van der Waals surface area contributed by atoms with Gasteiger partial charge < -0.3 is 15.6 Å². The van der Waals surface area contributed by atoms with Crippen LogP contribution < -0.4 is 5.73 Å². The van der Waals surface area contributed by atoms with Crippen molar-refractivity contribution in [2.45, 2.75) is 26.4 Å². The number of primary amides is 1. The van der Waals surface area contributed by atoms with Crippen molar-refractivity contribution < 1.29 is 29.0 Å². The fourth-order valence-corrected chi connectivity index (χ4v) is 1.19. The molecule has 0 saturated carbocycles. The topological polar surface area (TPSA) is 127 Å². The molecule has 1 unspecified atom stereocenters. The lowest BCUT2D eigenvalue weighted by Gasteiger charge is -2.11. The van der Waals surface area contributed by atoms with E-state index < -0.39 is 18.0 Å². The lowest BCUT2D eigenvalue weighted by Crippen LogP contribution is -2.33. The van der Waals surface area contributed by atoms with Crippen LogP contribution in [0.5, 0.6) is 0 Å². The van der Waals surface area contributed by atoms with Crippen LogP contribution in [-0.2, 0) is 23.9 Å². The predicted octanol–water partition coefficient (Wildman–Crippen LogP) is -0.717. The van der Waals surface area contributed by atoms with Crippen LogP contribution in [0.25, 0.3) is 0 Å². The summed E-state index contributed by atoms with van der Waals surface area (Å²) in [5.41, 5.74) is 4.85. The Kier molecular flexibility index (Phi) is 7.83. The van der Waals surface area contributed by atoms with Crippen molar-refractivity contribution in [2.24, 2.45) is 5.73 Å². The number of nitrogens with two attached hydrogens (primary N) is 1. The summed E-state index contributed by atoms with van der Waals surface area (Å²) >= 11 is 0. The highest BCUT2D eigenvalue weighted by atomic mass is 16.5. The maximum Gasteiger partial charge on any atom is 0.332 e. The minimum absolute atomic E-state index is 0.0131. The standard InChI is InChI=1S/C7H8N2O3.C5H10O3/c8-5(10)3-4-9-6(11)1-2-7(9)12;1-3-8-4(2)5(6)7/h1-2H,3-4H2,(H2,8,10);4H,3H2,1-2H3,(H,6,7). The number of carboxylic acid groups (broad SMARTS) is 1. The van der Waals surface area contributed by atoms with Gasteiger partial charge in [-0.1, -0.05) is 0 Å². The number of carboxylic acids is 1. The third-order valence-corrected chi connectivity index (χ3v) is 2.25. The molecular weight excluding hydrogens is 268 g/mol. The molecule has 0 radical (unpaired) electrons. The van der Waals surface area contributed by atoms with Crippen molar-refractivity contribution >= 4 is 23.7 Å². The van der Waals surface area contributed by atoms with E-state index in [1.54, 1.807) is 6.92 Å². The Hall–Kier alpha value is -2.22. The summed E-state index contributed by atoms with van der Waals surface area (Å²) in [4.78, 5) is 43.0. The first-order valence-electron chi connectivity index (χ1n) is 5.95. The van der Waals surface area contributed by atoms with E-state index in [0.29, 0.717) is 6.61 Å². The molecule has 0 aromatic heterocycles. The van der Waals surface area contributed by atoms with Gasteiger partial charge in [-0.15, -0.1) is 0 Å². The molecule has 0 spiro atoms. The lowest BCUT2D eigenvalue weighted by atomic mass is 10.4. The average Bonchev–Trinajstić information content (AvgIpc) is 2.67. The SMILES string of the molecule is CCOC(C)C(=O)O.NC(=O)CCN1C(=O)C=CC1=O. The van der Waals surface area contributed by atoms with Crippen molar-refractivity contribution in [3.63, 3.8) is 0 Å². The first kappa shape index (κ1) is 17.8. The Morgan fingerprint density at radius 2 is 1.85 bits per heavy atom. The van der Waals surface area contributed by atoms with E-state index in [1.807, 2.05) is 0 Å². The van der Waals surface area contributed by atoms with Gasteiger partial charge in [0.25, 0.3) is 11.8 Å². The summed E-state index contributed by atoms with van der Waals surface area (Å²) in [5, 5.41) is 8.19. The molecule has 3 N–H and O–H groups in total. The largest absolute Gasteiger partial charge is 0.479 e. The van der Waals surface area contributed by atoms with E-state index in [0.717, 1.165) is 4.90 Å². The van der Waals surface area contributed by atoms with Crippen molar-refractivity contribution in [2.75, 3.05) is 13.2 Å². The number of amides is 3. The van der Waals surface area contributed by atoms with Crippen molar-refractivity contribution in [3.05, 3.63) is 12.2 Å². The molecule has 0 aliphatic carbocycles. The van der Waals surface area contributed by atoms with Crippen LogP contribution >= 0.6 is 0 Å². The molecule has 1 atom stereocenters. The number of rotatable bonds is 6. The highest BCUT2D eigenvalue weighted by Gasteiger charge is 2.22. The monoisotopic (exact) mass is 286 g/mol. The van der Waals surface area contributed by atoms with Crippen LogP contribution in [0.3, 0.4) is 0 Å². The Morgan fingerprint density at radius 3 is 2.15 bits per heavy atom. The van der Waals surface area contributed by atoms with Gasteiger partial charge in [-0.3, -0.25) is 19.3 Å². The quantitative estimate of drug-likeness (QED) is 0.620. The summed E-state index contributed by atoms with van der Waals surface area (Å²) in [6.07, 6.45) is 1.69. The van der Waals surface area contributed by atoms with Crippen molar-refractivity contribution in [1.82, 2.24) is 4.90 Å². The third-order valence-electron chi connectivity index (χ3n) is 2.25. The van der Waals surface area contributed by atoms with Crippen LogP contribution in [0, 0.1) is 0 Å². The zero-order valence-corrected chi connectivity index (χ0v) is 11.4. The molecule has 1 aliphatic heterocycles. The zero-order valence-electron chi connectivity index (χ0n) is 11.4. The number of hydrogen-bond acceptors (Lipinski definition) is 5. The van der Waals surface area contributed by atoms with E-state index in [1.165, 1.54) is 19.1 Å². The van der Waals surface area contributed by atoms with Crippen LogP contribution in [0.2, 0.25) is 0 Å². The van der Waals surface area contributed by atoms with Gasteiger partial charge in [0.1, 0.15) is 0 Å². The molecule has 8 heteroatoms. The Morgan fingerprint density at radius 1 is 1.35 bits per heavy atom. The fraction of sp³-hybridized carbons (Fsp3) is 0.500. The summed E-state index contributed by atoms with van der Waals surface area (Å²) < 4.78 is 4.70. The maximum atomic E-state index is 10.9. The molecule has 1 rings (SSSR count). The normalized spacial score (nSPS) is 14.8. The van der Waals surface area contributed by atoms with Gasteiger partial charge in [0.05, 0.1) is 0 Å². The molecule has 3 amide bonds. The van der Waals surface area contributed by atoms with E-state index in [9.17, 15) is 19.2 Å². The summed E-state index contributed by atoms with van der Waals surface area (Å²) in [5.74, 6) is -2.21.